The van der Waals surface area contributed by atoms with Gasteiger partial charge < -0.3 is 0 Å². The molecule has 1 aliphatic rings. The number of hydrogen-bond donors (Lipinski definition) is 2. The Labute approximate surface area is 160 Å². The van der Waals surface area contributed by atoms with Gasteiger partial charge in [0.2, 0.25) is 20.0 Å². The topological polar surface area (TPSA) is 92.3 Å². The predicted molar refractivity (Wildman–Crippen MR) is 104 cm³/mol. The van der Waals surface area contributed by atoms with Gasteiger partial charge in [-0.25, -0.2) is 26.3 Å². The molecule has 3 rings (SSSR count). The molecule has 2 aromatic carbocycles. The zero-order valence-electron chi connectivity index (χ0n) is 15.1. The highest BCUT2D eigenvalue weighted by atomic mass is 32.2. The molecule has 6 nitrogen and oxygen atoms in total. The van der Waals surface area contributed by atoms with Gasteiger partial charge in [0.05, 0.1) is 15.8 Å². The zero-order chi connectivity index (χ0) is 19.7. The van der Waals surface area contributed by atoms with Gasteiger partial charge in [0.1, 0.15) is 0 Å². The molecule has 0 radical (unpaired) electrons. The summed E-state index contributed by atoms with van der Waals surface area (Å²) >= 11 is 0. The first-order valence-electron chi connectivity index (χ1n) is 8.52. The molecule has 2 atom stereocenters. The third kappa shape index (κ3) is 4.65. The average molecular weight is 407 g/mol. The van der Waals surface area contributed by atoms with Crippen molar-refractivity contribution in [1.82, 2.24) is 9.44 Å². The van der Waals surface area contributed by atoms with Crippen LogP contribution in [-0.2, 0) is 20.0 Å². The highest BCUT2D eigenvalue weighted by Crippen LogP contribution is 2.19. The molecule has 2 unspecified atom stereocenters. The van der Waals surface area contributed by atoms with E-state index in [0.29, 0.717) is 6.42 Å². The SMILES string of the molecule is Cc1ccc(S(=O)(=O)NC2C=CCC2NS(=O)(=O)c2ccc(C)cc2)cc1. The summed E-state index contributed by atoms with van der Waals surface area (Å²) in [4.78, 5) is 0.300. The highest BCUT2D eigenvalue weighted by molar-refractivity contribution is 7.90. The minimum absolute atomic E-state index is 0.147. The van der Waals surface area contributed by atoms with E-state index in [1.807, 2.05) is 13.8 Å². The molecule has 0 fully saturated rings. The van der Waals surface area contributed by atoms with Crippen molar-refractivity contribution in [3.63, 3.8) is 0 Å². The van der Waals surface area contributed by atoms with E-state index in [9.17, 15) is 16.8 Å². The van der Waals surface area contributed by atoms with Gasteiger partial charge in [0.15, 0.2) is 0 Å². The molecular weight excluding hydrogens is 384 g/mol. The maximum Gasteiger partial charge on any atom is 0.241 e. The molecule has 0 amide bonds. The van der Waals surface area contributed by atoms with Gasteiger partial charge in [-0.3, -0.25) is 0 Å². The summed E-state index contributed by atoms with van der Waals surface area (Å²) in [6.45, 7) is 3.75. The molecule has 1 aliphatic carbocycles. The lowest BCUT2D eigenvalue weighted by Gasteiger charge is -2.22. The molecule has 8 heteroatoms. The Morgan fingerprint density at radius 3 is 1.67 bits per heavy atom. The number of hydrogen-bond acceptors (Lipinski definition) is 4. The second-order valence-corrected chi connectivity index (χ2v) is 10.1. The summed E-state index contributed by atoms with van der Waals surface area (Å²) < 4.78 is 55.6. The molecule has 0 aromatic heterocycles. The van der Waals surface area contributed by atoms with Crippen molar-refractivity contribution >= 4 is 20.0 Å². The Morgan fingerprint density at radius 2 is 1.19 bits per heavy atom. The molecule has 144 valence electrons. The van der Waals surface area contributed by atoms with Gasteiger partial charge in [-0.1, -0.05) is 47.5 Å². The highest BCUT2D eigenvalue weighted by Gasteiger charge is 2.31. The number of benzene rings is 2. The molecular formula is C19H22N2O4S2. The molecule has 0 spiro atoms. The van der Waals surface area contributed by atoms with E-state index in [1.54, 1.807) is 36.4 Å². The molecule has 2 aromatic rings. The Bertz CT molecular complexity index is 1040. The monoisotopic (exact) mass is 406 g/mol. The van der Waals surface area contributed by atoms with Crippen LogP contribution in [0.1, 0.15) is 17.5 Å². The van der Waals surface area contributed by atoms with E-state index >= 15 is 0 Å². The van der Waals surface area contributed by atoms with E-state index < -0.39 is 32.1 Å². The summed E-state index contributed by atoms with van der Waals surface area (Å²) in [7, 11) is -7.50. The van der Waals surface area contributed by atoms with Gasteiger partial charge in [-0.05, 0) is 44.5 Å². The Balaban J connectivity index is 1.76. The van der Waals surface area contributed by atoms with E-state index in [0.717, 1.165) is 11.1 Å². The third-order valence-electron chi connectivity index (χ3n) is 4.43. The van der Waals surface area contributed by atoms with Crippen LogP contribution in [0.25, 0.3) is 0 Å². The van der Waals surface area contributed by atoms with Crippen molar-refractivity contribution in [2.75, 3.05) is 0 Å². The van der Waals surface area contributed by atoms with Crippen molar-refractivity contribution in [3.05, 3.63) is 71.8 Å². The van der Waals surface area contributed by atoms with Crippen LogP contribution >= 0.6 is 0 Å². The van der Waals surface area contributed by atoms with Crippen molar-refractivity contribution in [2.24, 2.45) is 0 Å². The Morgan fingerprint density at radius 1 is 0.741 bits per heavy atom. The minimum Gasteiger partial charge on any atom is -0.207 e. The first-order valence-corrected chi connectivity index (χ1v) is 11.5. The Hall–Kier alpha value is -2.00. The van der Waals surface area contributed by atoms with Crippen LogP contribution < -0.4 is 9.44 Å². The summed E-state index contributed by atoms with van der Waals surface area (Å²) in [6, 6.07) is 11.8. The van der Waals surface area contributed by atoms with Crippen LogP contribution in [0.2, 0.25) is 0 Å². The smallest absolute Gasteiger partial charge is 0.207 e. The molecule has 0 saturated heterocycles. The predicted octanol–water partition coefficient (Wildman–Crippen LogP) is 2.26. The molecule has 2 N–H and O–H groups in total. The van der Waals surface area contributed by atoms with Gasteiger partial charge >= 0.3 is 0 Å². The quantitative estimate of drug-likeness (QED) is 0.720. The number of nitrogens with one attached hydrogen (secondary N) is 2. The van der Waals surface area contributed by atoms with Crippen LogP contribution in [0.4, 0.5) is 0 Å². The normalized spacial score (nSPS) is 20.1. The summed E-state index contributed by atoms with van der Waals surface area (Å²) in [5, 5.41) is 0. The Kier molecular flexibility index (Phi) is 5.53. The van der Waals surface area contributed by atoms with Crippen LogP contribution in [0, 0.1) is 13.8 Å². The largest absolute Gasteiger partial charge is 0.241 e. The van der Waals surface area contributed by atoms with Crippen LogP contribution in [-0.4, -0.2) is 28.9 Å². The fourth-order valence-electron chi connectivity index (χ4n) is 2.84. The van der Waals surface area contributed by atoms with Gasteiger partial charge in [0, 0.05) is 6.04 Å². The van der Waals surface area contributed by atoms with Gasteiger partial charge in [-0.15, -0.1) is 0 Å². The minimum atomic E-state index is -3.76. The van der Waals surface area contributed by atoms with E-state index in [-0.39, 0.29) is 9.79 Å². The van der Waals surface area contributed by atoms with Gasteiger partial charge in [0.25, 0.3) is 0 Å². The first-order chi connectivity index (χ1) is 12.7. The van der Waals surface area contributed by atoms with Crippen LogP contribution in [0.5, 0.6) is 0 Å². The maximum absolute atomic E-state index is 12.6. The number of sulfonamides is 2. The van der Waals surface area contributed by atoms with Crippen molar-refractivity contribution < 1.29 is 16.8 Å². The molecule has 0 bridgehead atoms. The standard InChI is InChI=1S/C19H22N2O4S2/c1-14-6-10-16(11-7-14)26(22,23)20-18-4-3-5-19(18)21-27(24,25)17-12-8-15(2)9-13-17/h3-4,6-13,18-21H,5H2,1-2H3. The van der Waals surface area contributed by atoms with Crippen molar-refractivity contribution in [2.45, 2.75) is 42.1 Å². The van der Waals surface area contributed by atoms with E-state index in [2.05, 4.69) is 9.44 Å². The van der Waals surface area contributed by atoms with Crippen molar-refractivity contribution in [3.8, 4) is 0 Å². The number of aryl methyl sites for hydroxylation is 2. The number of rotatable bonds is 6. The summed E-state index contributed by atoms with van der Waals surface area (Å²) in [6.07, 6.45) is 3.85. The van der Waals surface area contributed by atoms with Gasteiger partial charge in [-0.2, -0.15) is 0 Å². The van der Waals surface area contributed by atoms with Crippen LogP contribution in [0.3, 0.4) is 0 Å². The summed E-state index contributed by atoms with van der Waals surface area (Å²) in [5.41, 5.74) is 1.92. The summed E-state index contributed by atoms with van der Waals surface area (Å²) in [5.74, 6) is 0. The zero-order valence-corrected chi connectivity index (χ0v) is 16.7. The third-order valence-corrected chi connectivity index (χ3v) is 7.41. The second-order valence-electron chi connectivity index (χ2n) is 6.66. The maximum atomic E-state index is 12.6. The van der Waals surface area contributed by atoms with E-state index in [4.69, 9.17) is 0 Å². The lowest BCUT2D eigenvalue weighted by atomic mass is 10.2. The molecule has 0 saturated carbocycles. The van der Waals surface area contributed by atoms with Crippen LogP contribution in [0.15, 0.2) is 70.5 Å². The fraction of sp³-hybridized carbons (Fsp3) is 0.263. The lowest BCUT2D eigenvalue weighted by molar-refractivity contribution is 0.507. The molecule has 0 aliphatic heterocycles. The van der Waals surface area contributed by atoms with E-state index in [1.165, 1.54) is 24.3 Å². The van der Waals surface area contributed by atoms with Crippen molar-refractivity contribution in [1.29, 1.82) is 0 Å². The average Bonchev–Trinajstić information content (AvgIpc) is 3.01. The fourth-order valence-corrected chi connectivity index (χ4v) is 5.35. The second kappa shape index (κ2) is 7.55. The molecule has 27 heavy (non-hydrogen) atoms. The lowest BCUT2D eigenvalue weighted by Crippen LogP contribution is -2.48. The first kappa shape index (κ1) is 19.8. The molecule has 0 heterocycles.